The van der Waals surface area contributed by atoms with Gasteiger partial charge < -0.3 is 0 Å². The lowest BCUT2D eigenvalue weighted by atomic mass is 10.1. The fourth-order valence-corrected chi connectivity index (χ4v) is 1.90. The molecular weight excluding hydrogens is 271 g/mol. The Morgan fingerprint density at radius 3 is 2.62 bits per heavy atom. The number of carbonyl (C=O) groups is 1. The molecule has 6 heteroatoms. The molecule has 1 aromatic carbocycles. The molecule has 2 aromatic rings. The van der Waals surface area contributed by atoms with E-state index < -0.39 is 5.95 Å². The number of carbonyl (C=O) groups excluding carboxylic acids is 1. The molecule has 0 radical (unpaired) electrons. The number of hydrazone groups is 1. The monoisotopic (exact) mass is 288 g/mol. The summed E-state index contributed by atoms with van der Waals surface area (Å²) >= 11 is 0. The third kappa shape index (κ3) is 3.16. The Balaban J connectivity index is 2.10. The van der Waals surface area contributed by atoms with E-state index in [1.165, 1.54) is 13.3 Å². The minimum absolute atomic E-state index is 0.262. The molecular formula is C15H17FN4O. The molecule has 0 spiro atoms. The van der Waals surface area contributed by atoms with E-state index in [0.717, 1.165) is 15.8 Å². The average Bonchev–Trinajstić information content (AvgIpc) is 2.68. The van der Waals surface area contributed by atoms with Gasteiger partial charge in [-0.3, -0.25) is 4.79 Å². The molecule has 1 amide bonds. The second-order valence-electron chi connectivity index (χ2n) is 4.91. The van der Waals surface area contributed by atoms with E-state index in [2.05, 4.69) is 15.6 Å². The van der Waals surface area contributed by atoms with Crippen molar-refractivity contribution >= 4 is 12.1 Å². The molecule has 0 aliphatic carbocycles. The number of hydrogen-bond donors (Lipinski definition) is 1. The van der Waals surface area contributed by atoms with Crippen molar-refractivity contribution in [1.82, 2.24) is 15.2 Å². The van der Waals surface area contributed by atoms with Crippen molar-refractivity contribution in [2.45, 2.75) is 20.8 Å². The molecule has 110 valence electrons. The molecule has 21 heavy (non-hydrogen) atoms. The molecule has 1 heterocycles. The number of rotatable bonds is 3. The van der Waals surface area contributed by atoms with Gasteiger partial charge in [0, 0.05) is 12.6 Å². The van der Waals surface area contributed by atoms with Crippen molar-refractivity contribution in [2.75, 3.05) is 0 Å². The lowest BCUT2D eigenvalue weighted by Crippen LogP contribution is -2.18. The number of aryl methyl sites for hydroxylation is 4. The largest absolute Gasteiger partial charge is 0.271 e. The Bertz CT molecular complexity index is 719. The zero-order chi connectivity index (χ0) is 15.6. The number of aromatic nitrogens is 2. The summed E-state index contributed by atoms with van der Waals surface area (Å²) in [6.45, 7) is 5.59. The van der Waals surface area contributed by atoms with Crippen LogP contribution in [0.15, 0.2) is 23.3 Å². The first kappa shape index (κ1) is 14.9. The summed E-state index contributed by atoms with van der Waals surface area (Å²) in [6, 6.07) is 5.39. The van der Waals surface area contributed by atoms with E-state index in [4.69, 9.17) is 0 Å². The molecule has 0 bridgehead atoms. The van der Waals surface area contributed by atoms with Crippen LogP contribution in [0, 0.1) is 26.7 Å². The zero-order valence-corrected chi connectivity index (χ0v) is 12.4. The van der Waals surface area contributed by atoms with E-state index >= 15 is 0 Å². The van der Waals surface area contributed by atoms with E-state index in [-0.39, 0.29) is 11.5 Å². The van der Waals surface area contributed by atoms with Crippen LogP contribution >= 0.6 is 0 Å². The molecule has 0 unspecified atom stereocenters. The first-order valence-corrected chi connectivity index (χ1v) is 6.50. The fraction of sp³-hybridized carbons (Fsp3) is 0.267. The number of amides is 1. The van der Waals surface area contributed by atoms with Gasteiger partial charge in [0.2, 0.25) is 5.95 Å². The lowest BCUT2D eigenvalue weighted by Gasteiger charge is -2.03. The van der Waals surface area contributed by atoms with Gasteiger partial charge in [0.1, 0.15) is 0 Å². The quantitative estimate of drug-likeness (QED) is 0.695. The average molecular weight is 288 g/mol. The molecule has 0 aliphatic rings. The van der Waals surface area contributed by atoms with Gasteiger partial charge >= 0.3 is 0 Å². The third-order valence-corrected chi connectivity index (χ3v) is 3.32. The number of halogens is 1. The Morgan fingerprint density at radius 2 is 2.05 bits per heavy atom. The van der Waals surface area contributed by atoms with Crippen LogP contribution < -0.4 is 5.43 Å². The van der Waals surface area contributed by atoms with Crippen molar-refractivity contribution in [2.24, 2.45) is 12.1 Å². The molecule has 5 nitrogen and oxygen atoms in total. The van der Waals surface area contributed by atoms with Crippen molar-refractivity contribution in [3.05, 3.63) is 52.1 Å². The van der Waals surface area contributed by atoms with Crippen LogP contribution in [-0.2, 0) is 7.05 Å². The van der Waals surface area contributed by atoms with Crippen molar-refractivity contribution < 1.29 is 9.18 Å². The predicted molar refractivity (Wildman–Crippen MR) is 78.9 cm³/mol. The smallest absolute Gasteiger partial charge is 0.267 e. The summed E-state index contributed by atoms with van der Waals surface area (Å²) in [7, 11) is 1.51. The van der Waals surface area contributed by atoms with Crippen molar-refractivity contribution in [3.8, 4) is 0 Å². The Morgan fingerprint density at radius 1 is 1.33 bits per heavy atom. The number of hydrogen-bond acceptors (Lipinski definition) is 3. The maximum Gasteiger partial charge on any atom is 0.271 e. The molecule has 0 atom stereocenters. The van der Waals surface area contributed by atoms with Crippen molar-refractivity contribution in [3.63, 3.8) is 0 Å². The molecule has 0 saturated heterocycles. The van der Waals surface area contributed by atoms with Crippen molar-refractivity contribution in [1.29, 1.82) is 0 Å². The third-order valence-electron chi connectivity index (χ3n) is 3.32. The number of nitrogens with zero attached hydrogens (tertiary/aromatic N) is 3. The highest BCUT2D eigenvalue weighted by Gasteiger charge is 2.11. The van der Waals surface area contributed by atoms with Gasteiger partial charge in [-0.15, -0.1) is 0 Å². The normalized spacial score (nSPS) is 11.1. The van der Waals surface area contributed by atoms with Crippen LogP contribution in [0.4, 0.5) is 4.39 Å². The standard InChI is InChI=1S/C15H17FN4O/c1-9-5-6-12(7-10(9)2)15(21)18-17-8-13-11(3)19-20(4)14(13)16/h5-8H,1-4H3,(H,18,21)/b17-8-. The first-order valence-electron chi connectivity index (χ1n) is 6.50. The van der Waals surface area contributed by atoms with E-state index in [9.17, 15) is 9.18 Å². The van der Waals surface area contributed by atoms with Gasteiger partial charge in [-0.25, -0.2) is 10.1 Å². The second-order valence-corrected chi connectivity index (χ2v) is 4.91. The van der Waals surface area contributed by atoms with Crippen LogP contribution in [0.25, 0.3) is 0 Å². The molecule has 0 saturated carbocycles. The number of nitrogens with one attached hydrogen (secondary N) is 1. The molecule has 2 rings (SSSR count). The number of benzene rings is 1. The lowest BCUT2D eigenvalue weighted by molar-refractivity contribution is 0.0955. The summed E-state index contributed by atoms with van der Waals surface area (Å²) in [5.41, 5.74) is 5.81. The SMILES string of the molecule is Cc1ccc(C(=O)N/N=C\c2c(C)nn(C)c2F)cc1C. The van der Waals surface area contributed by atoms with Gasteiger partial charge in [0.05, 0.1) is 17.5 Å². The minimum Gasteiger partial charge on any atom is -0.267 e. The summed E-state index contributed by atoms with van der Waals surface area (Å²) in [4.78, 5) is 11.9. The Kier molecular flexibility index (Phi) is 4.16. The zero-order valence-electron chi connectivity index (χ0n) is 12.4. The van der Waals surface area contributed by atoms with E-state index in [1.807, 2.05) is 19.9 Å². The highest BCUT2D eigenvalue weighted by Crippen LogP contribution is 2.10. The van der Waals surface area contributed by atoms with E-state index in [1.54, 1.807) is 19.1 Å². The highest BCUT2D eigenvalue weighted by atomic mass is 19.1. The first-order chi connectivity index (χ1) is 9.90. The minimum atomic E-state index is -0.489. The fourth-order valence-electron chi connectivity index (χ4n) is 1.90. The van der Waals surface area contributed by atoms with Crippen LogP contribution in [0.5, 0.6) is 0 Å². The van der Waals surface area contributed by atoms with Gasteiger partial charge in [-0.1, -0.05) is 6.07 Å². The Labute approximate surface area is 122 Å². The maximum absolute atomic E-state index is 13.7. The van der Waals surface area contributed by atoms with Gasteiger partial charge in [0.15, 0.2) is 0 Å². The van der Waals surface area contributed by atoms with Crippen LogP contribution in [0.2, 0.25) is 0 Å². The summed E-state index contributed by atoms with van der Waals surface area (Å²) in [5.74, 6) is -0.826. The maximum atomic E-state index is 13.7. The van der Waals surface area contributed by atoms with Crippen LogP contribution in [0.3, 0.4) is 0 Å². The Hall–Kier alpha value is -2.50. The summed E-state index contributed by atoms with van der Waals surface area (Å²) < 4.78 is 14.8. The molecule has 0 fully saturated rings. The van der Waals surface area contributed by atoms with E-state index in [0.29, 0.717) is 11.3 Å². The predicted octanol–water partition coefficient (Wildman–Crippen LogP) is 2.25. The summed E-state index contributed by atoms with van der Waals surface area (Å²) in [5, 5.41) is 7.71. The van der Waals surface area contributed by atoms with Crippen LogP contribution in [-0.4, -0.2) is 21.9 Å². The van der Waals surface area contributed by atoms with Gasteiger partial charge in [-0.05, 0) is 44.0 Å². The topological polar surface area (TPSA) is 59.3 Å². The van der Waals surface area contributed by atoms with Crippen LogP contribution in [0.1, 0.15) is 32.7 Å². The summed E-state index contributed by atoms with van der Waals surface area (Å²) in [6.07, 6.45) is 1.26. The molecule has 0 aliphatic heterocycles. The van der Waals surface area contributed by atoms with Gasteiger partial charge in [-0.2, -0.15) is 14.6 Å². The molecule has 1 N–H and O–H groups in total. The highest BCUT2D eigenvalue weighted by molar-refractivity contribution is 5.95. The second kappa shape index (κ2) is 5.87. The molecule has 1 aromatic heterocycles. The van der Waals surface area contributed by atoms with Gasteiger partial charge in [0.25, 0.3) is 5.91 Å².